The van der Waals surface area contributed by atoms with Gasteiger partial charge in [-0.1, -0.05) is 25.3 Å². The van der Waals surface area contributed by atoms with Crippen LogP contribution in [0.4, 0.5) is 0 Å². The minimum absolute atomic E-state index is 0.178. The summed E-state index contributed by atoms with van der Waals surface area (Å²) in [7, 11) is 2.06. The van der Waals surface area contributed by atoms with Gasteiger partial charge in [-0.15, -0.1) is 0 Å². The van der Waals surface area contributed by atoms with Crippen LogP contribution in [0, 0.1) is 11.8 Å². The molecule has 0 bridgehead atoms. The fourth-order valence-electron chi connectivity index (χ4n) is 1.70. The number of carbonyl (C=O) groups excluding carboxylic acids is 1. The predicted octanol–water partition coefficient (Wildman–Crippen LogP) is 1.59. The van der Waals surface area contributed by atoms with Crippen molar-refractivity contribution in [2.75, 3.05) is 20.1 Å². The summed E-state index contributed by atoms with van der Waals surface area (Å²) in [5, 5.41) is 0. The van der Waals surface area contributed by atoms with Gasteiger partial charge < -0.3 is 9.64 Å². The van der Waals surface area contributed by atoms with Gasteiger partial charge in [0.2, 0.25) is 0 Å². The van der Waals surface area contributed by atoms with E-state index in [9.17, 15) is 4.79 Å². The van der Waals surface area contributed by atoms with Crippen molar-refractivity contribution in [2.45, 2.75) is 31.8 Å². The monoisotopic (exact) mass is 221 g/mol. The number of esters is 1. The molecule has 0 aliphatic carbocycles. The molecule has 0 aromatic rings. The summed E-state index contributed by atoms with van der Waals surface area (Å²) < 4.78 is 5.49. The average molecular weight is 221 g/mol. The highest BCUT2D eigenvalue weighted by Gasteiger charge is 2.35. The largest absolute Gasteiger partial charge is 0.446 e. The lowest BCUT2D eigenvalue weighted by atomic mass is 9.92. The summed E-state index contributed by atoms with van der Waals surface area (Å²) >= 11 is 0. The standard InChI is InChI=1S/C13H19NO2/c1-4-6-7-13(16-12(15)5-2)8-10-14(3)11-9-13/h4H,1,5,8-11H2,2-3H3. The maximum absolute atomic E-state index is 11.4. The van der Waals surface area contributed by atoms with E-state index < -0.39 is 5.60 Å². The van der Waals surface area contributed by atoms with Crippen molar-refractivity contribution in [3.8, 4) is 11.8 Å². The van der Waals surface area contributed by atoms with Crippen LogP contribution < -0.4 is 0 Å². The van der Waals surface area contributed by atoms with Gasteiger partial charge in [-0.3, -0.25) is 4.79 Å². The number of carbonyl (C=O) groups is 1. The van der Waals surface area contributed by atoms with Crippen LogP contribution in [0.1, 0.15) is 26.2 Å². The Morgan fingerprint density at radius 3 is 2.69 bits per heavy atom. The van der Waals surface area contributed by atoms with Gasteiger partial charge in [0, 0.05) is 32.4 Å². The van der Waals surface area contributed by atoms with Crippen LogP contribution >= 0.6 is 0 Å². The van der Waals surface area contributed by atoms with Gasteiger partial charge >= 0.3 is 5.97 Å². The third-order valence-corrected chi connectivity index (χ3v) is 2.79. The molecule has 1 saturated heterocycles. The molecule has 0 N–H and O–H groups in total. The average Bonchev–Trinajstić information content (AvgIpc) is 2.30. The lowest BCUT2D eigenvalue weighted by molar-refractivity contribution is -0.157. The number of piperidine rings is 1. The van der Waals surface area contributed by atoms with E-state index >= 15 is 0 Å². The van der Waals surface area contributed by atoms with Gasteiger partial charge in [-0.2, -0.15) is 0 Å². The third-order valence-electron chi connectivity index (χ3n) is 2.79. The maximum Gasteiger partial charge on any atom is 0.307 e. The van der Waals surface area contributed by atoms with E-state index in [4.69, 9.17) is 4.74 Å². The highest BCUT2D eigenvalue weighted by Crippen LogP contribution is 2.25. The number of hydrogen-bond donors (Lipinski definition) is 0. The van der Waals surface area contributed by atoms with Crippen LogP contribution in [0.5, 0.6) is 0 Å². The van der Waals surface area contributed by atoms with Crippen molar-refractivity contribution in [1.29, 1.82) is 0 Å². The molecule has 1 heterocycles. The molecular formula is C13H19NO2. The highest BCUT2D eigenvalue weighted by atomic mass is 16.6. The molecular weight excluding hydrogens is 202 g/mol. The van der Waals surface area contributed by atoms with Gasteiger partial charge in [0.15, 0.2) is 5.60 Å². The number of likely N-dealkylation sites (tertiary alicyclic amines) is 1. The second-order valence-corrected chi connectivity index (χ2v) is 4.10. The van der Waals surface area contributed by atoms with Crippen LogP contribution in [-0.2, 0) is 9.53 Å². The fourth-order valence-corrected chi connectivity index (χ4v) is 1.70. The number of allylic oxidation sites excluding steroid dienone is 1. The Morgan fingerprint density at radius 2 is 2.19 bits per heavy atom. The fraction of sp³-hybridized carbons (Fsp3) is 0.615. The van der Waals surface area contributed by atoms with Crippen LogP contribution in [-0.4, -0.2) is 36.6 Å². The minimum Gasteiger partial charge on any atom is -0.446 e. The second-order valence-electron chi connectivity index (χ2n) is 4.10. The molecule has 0 saturated carbocycles. The summed E-state index contributed by atoms with van der Waals surface area (Å²) in [5.74, 6) is 5.68. The minimum atomic E-state index is -0.589. The van der Waals surface area contributed by atoms with Crippen LogP contribution in [0.15, 0.2) is 12.7 Å². The van der Waals surface area contributed by atoms with Crippen LogP contribution in [0.2, 0.25) is 0 Å². The first kappa shape index (κ1) is 12.8. The van der Waals surface area contributed by atoms with Gasteiger partial charge in [0.05, 0.1) is 0 Å². The Kier molecular flexibility index (Phi) is 4.57. The van der Waals surface area contributed by atoms with Crippen molar-refractivity contribution in [3.63, 3.8) is 0 Å². The van der Waals surface area contributed by atoms with E-state index in [1.807, 2.05) is 0 Å². The van der Waals surface area contributed by atoms with Gasteiger partial charge in [-0.05, 0) is 13.1 Å². The first-order valence-corrected chi connectivity index (χ1v) is 5.66. The molecule has 88 valence electrons. The Hall–Kier alpha value is -1.27. The van der Waals surface area contributed by atoms with E-state index in [0.29, 0.717) is 6.42 Å². The Balaban J connectivity index is 2.76. The van der Waals surface area contributed by atoms with E-state index in [-0.39, 0.29) is 5.97 Å². The smallest absolute Gasteiger partial charge is 0.307 e. The van der Waals surface area contributed by atoms with Crippen molar-refractivity contribution >= 4 is 5.97 Å². The molecule has 1 aliphatic rings. The number of rotatable bonds is 2. The molecule has 1 fully saturated rings. The van der Waals surface area contributed by atoms with E-state index in [2.05, 4.69) is 30.4 Å². The normalized spacial score (nSPS) is 19.4. The first-order valence-electron chi connectivity index (χ1n) is 5.66. The number of ether oxygens (including phenoxy) is 1. The summed E-state index contributed by atoms with van der Waals surface area (Å²) in [6.07, 6.45) is 3.49. The Morgan fingerprint density at radius 1 is 1.56 bits per heavy atom. The second kappa shape index (κ2) is 5.72. The first-order chi connectivity index (χ1) is 7.62. The van der Waals surface area contributed by atoms with Crippen molar-refractivity contribution in [2.24, 2.45) is 0 Å². The molecule has 0 radical (unpaired) electrons. The molecule has 3 nitrogen and oxygen atoms in total. The quantitative estimate of drug-likeness (QED) is 0.524. The third kappa shape index (κ3) is 3.39. The van der Waals surface area contributed by atoms with Gasteiger partial charge in [-0.25, -0.2) is 0 Å². The van der Waals surface area contributed by atoms with Crippen LogP contribution in [0.3, 0.4) is 0 Å². The molecule has 0 aromatic heterocycles. The molecule has 16 heavy (non-hydrogen) atoms. The van der Waals surface area contributed by atoms with Gasteiger partial charge in [0.1, 0.15) is 0 Å². The SMILES string of the molecule is C=CC#CC1(OC(=O)CC)CCN(C)CC1. The summed E-state index contributed by atoms with van der Waals surface area (Å²) in [6, 6.07) is 0. The summed E-state index contributed by atoms with van der Waals surface area (Å²) in [5.41, 5.74) is -0.589. The van der Waals surface area contributed by atoms with Crippen molar-refractivity contribution < 1.29 is 9.53 Å². The molecule has 0 atom stereocenters. The Bertz CT molecular complexity index is 317. The highest BCUT2D eigenvalue weighted by molar-refractivity contribution is 5.70. The van der Waals surface area contributed by atoms with Crippen molar-refractivity contribution in [3.05, 3.63) is 12.7 Å². The van der Waals surface area contributed by atoms with Gasteiger partial charge in [0.25, 0.3) is 0 Å². The molecule has 1 aliphatic heterocycles. The molecule has 0 aromatic carbocycles. The lowest BCUT2D eigenvalue weighted by Gasteiger charge is -2.36. The zero-order valence-electron chi connectivity index (χ0n) is 10.1. The van der Waals surface area contributed by atoms with Crippen molar-refractivity contribution in [1.82, 2.24) is 4.90 Å². The predicted molar refractivity (Wildman–Crippen MR) is 63.8 cm³/mol. The number of nitrogens with zero attached hydrogens (tertiary/aromatic N) is 1. The topological polar surface area (TPSA) is 29.5 Å². The summed E-state index contributed by atoms with van der Waals surface area (Å²) in [4.78, 5) is 13.6. The number of hydrogen-bond acceptors (Lipinski definition) is 3. The molecule has 0 amide bonds. The van der Waals surface area contributed by atoms with E-state index in [1.54, 1.807) is 13.0 Å². The van der Waals surface area contributed by atoms with E-state index in [0.717, 1.165) is 25.9 Å². The zero-order chi connectivity index (χ0) is 12.0. The maximum atomic E-state index is 11.4. The molecule has 0 unspecified atom stereocenters. The zero-order valence-corrected chi connectivity index (χ0v) is 10.1. The van der Waals surface area contributed by atoms with Crippen LogP contribution in [0.25, 0.3) is 0 Å². The molecule has 0 spiro atoms. The molecule has 3 heteroatoms. The summed E-state index contributed by atoms with van der Waals surface area (Å²) in [6.45, 7) is 7.17. The Labute approximate surface area is 97.5 Å². The molecule has 1 rings (SSSR count). The lowest BCUT2D eigenvalue weighted by Crippen LogP contribution is -2.44. The van der Waals surface area contributed by atoms with E-state index in [1.165, 1.54) is 0 Å².